The van der Waals surface area contributed by atoms with Crippen LogP contribution in [-0.2, 0) is 18.3 Å². The van der Waals surface area contributed by atoms with Crippen LogP contribution in [0.2, 0.25) is 0 Å². The second-order valence-electron chi connectivity index (χ2n) is 3.33. The molecule has 0 aromatic carbocycles. The zero-order chi connectivity index (χ0) is 10.6. The van der Waals surface area contributed by atoms with Crippen molar-refractivity contribution in [1.29, 1.82) is 0 Å². The maximum absolute atomic E-state index is 10.4. The molecule has 1 aromatic rings. The van der Waals surface area contributed by atoms with Gasteiger partial charge in [-0.2, -0.15) is 5.10 Å². The molecule has 5 nitrogen and oxygen atoms in total. The SMILES string of the molecule is CN(CCc1ccnn1C)CC(=O)O. The standard InChI is InChI=1S/C9H15N3O2/c1-11(7-9(13)14)6-4-8-3-5-10-12(8)2/h3,5H,4,6-7H2,1-2H3,(H,13,14). The lowest BCUT2D eigenvalue weighted by Gasteiger charge is -2.13. The second-order valence-corrected chi connectivity index (χ2v) is 3.33. The van der Waals surface area contributed by atoms with Crippen molar-refractivity contribution in [2.75, 3.05) is 20.1 Å². The van der Waals surface area contributed by atoms with Crippen molar-refractivity contribution in [1.82, 2.24) is 14.7 Å². The Labute approximate surface area is 82.9 Å². The summed E-state index contributed by atoms with van der Waals surface area (Å²) < 4.78 is 1.80. The summed E-state index contributed by atoms with van der Waals surface area (Å²) in [6.07, 6.45) is 2.56. The molecule has 1 heterocycles. The topological polar surface area (TPSA) is 58.4 Å². The summed E-state index contributed by atoms with van der Waals surface area (Å²) in [6.45, 7) is 0.809. The van der Waals surface area contributed by atoms with Crippen molar-refractivity contribution in [3.63, 3.8) is 0 Å². The molecule has 0 aliphatic rings. The third-order valence-corrected chi connectivity index (χ3v) is 2.08. The second kappa shape index (κ2) is 4.76. The summed E-state index contributed by atoms with van der Waals surface area (Å²) in [6, 6.07) is 1.94. The molecule has 0 aliphatic carbocycles. The van der Waals surface area contributed by atoms with Crippen LogP contribution in [0.25, 0.3) is 0 Å². The molecule has 0 amide bonds. The number of aliphatic carboxylic acids is 1. The number of likely N-dealkylation sites (N-methyl/N-ethyl adjacent to an activating group) is 1. The molecule has 0 aliphatic heterocycles. The van der Waals surface area contributed by atoms with Gasteiger partial charge in [-0.15, -0.1) is 0 Å². The lowest BCUT2D eigenvalue weighted by atomic mass is 10.3. The smallest absolute Gasteiger partial charge is 0.317 e. The van der Waals surface area contributed by atoms with Crippen LogP contribution in [0.5, 0.6) is 0 Å². The lowest BCUT2D eigenvalue weighted by molar-refractivity contribution is -0.137. The molecule has 0 atom stereocenters. The highest BCUT2D eigenvalue weighted by Crippen LogP contribution is 1.98. The van der Waals surface area contributed by atoms with Gasteiger partial charge in [0.1, 0.15) is 0 Å². The van der Waals surface area contributed by atoms with Crippen molar-refractivity contribution in [3.05, 3.63) is 18.0 Å². The van der Waals surface area contributed by atoms with Crippen molar-refractivity contribution in [2.45, 2.75) is 6.42 Å². The third kappa shape index (κ3) is 3.18. The van der Waals surface area contributed by atoms with E-state index in [1.54, 1.807) is 22.8 Å². The minimum atomic E-state index is -0.794. The minimum absolute atomic E-state index is 0.0812. The van der Waals surface area contributed by atoms with Gasteiger partial charge in [0.2, 0.25) is 0 Å². The van der Waals surface area contributed by atoms with Crippen LogP contribution in [0.1, 0.15) is 5.69 Å². The first kappa shape index (κ1) is 10.7. The van der Waals surface area contributed by atoms with Gasteiger partial charge in [-0.05, 0) is 13.1 Å². The van der Waals surface area contributed by atoms with Gasteiger partial charge < -0.3 is 5.11 Å². The van der Waals surface area contributed by atoms with E-state index in [0.717, 1.165) is 18.7 Å². The zero-order valence-corrected chi connectivity index (χ0v) is 8.47. The Morgan fingerprint density at radius 1 is 1.71 bits per heavy atom. The average Bonchev–Trinajstić information content (AvgIpc) is 2.46. The Bertz CT molecular complexity index is 309. The lowest BCUT2D eigenvalue weighted by Crippen LogP contribution is -2.28. The molecular weight excluding hydrogens is 182 g/mol. The van der Waals surface area contributed by atoms with E-state index >= 15 is 0 Å². The Kier molecular flexibility index (Phi) is 3.64. The Balaban J connectivity index is 2.34. The van der Waals surface area contributed by atoms with Crippen LogP contribution < -0.4 is 0 Å². The van der Waals surface area contributed by atoms with E-state index in [1.165, 1.54) is 0 Å². The molecule has 0 unspecified atom stereocenters. The van der Waals surface area contributed by atoms with Gasteiger partial charge in [0.05, 0.1) is 6.54 Å². The fourth-order valence-corrected chi connectivity index (χ4v) is 1.26. The fraction of sp³-hybridized carbons (Fsp3) is 0.556. The summed E-state index contributed by atoms with van der Waals surface area (Å²) in [5.74, 6) is -0.794. The summed E-state index contributed by atoms with van der Waals surface area (Å²) in [5, 5.41) is 12.6. The van der Waals surface area contributed by atoms with E-state index < -0.39 is 5.97 Å². The van der Waals surface area contributed by atoms with Crippen LogP contribution in [0.4, 0.5) is 0 Å². The highest BCUT2D eigenvalue weighted by Gasteiger charge is 2.05. The quantitative estimate of drug-likeness (QED) is 0.720. The van der Waals surface area contributed by atoms with E-state index in [1.807, 2.05) is 13.1 Å². The number of aromatic nitrogens is 2. The van der Waals surface area contributed by atoms with Crippen LogP contribution in [0, 0.1) is 0 Å². The highest BCUT2D eigenvalue weighted by atomic mass is 16.4. The first-order chi connectivity index (χ1) is 6.59. The minimum Gasteiger partial charge on any atom is -0.480 e. The molecule has 0 fully saturated rings. The molecule has 5 heteroatoms. The van der Waals surface area contributed by atoms with E-state index in [0.29, 0.717) is 0 Å². The number of carboxylic acid groups (broad SMARTS) is 1. The van der Waals surface area contributed by atoms with Gasteiger partial charge in [0.15, 0.2) is 0 Å². The monoisotopic (exact) mass is 197 g/mol. The van der Waals surface area contributed by atoms with Crippen LogP contribution >= 0.6 is 0 Å². The number of aryl methyl sites for hydroxylation is 1. The Hall–Kier alpha value is -1.36. The van der Waals surface area contributed by atoms with E-state index in [-0.39, 0.29) is 6.54 Å². The van der Waals surface area contributed by atoms with Gasteiger partial charge in [0, 0.05) is 31.9 Å². The Morgan fingerprint density at radius 3 is 2.93 bits per heavy atom. The van der Waals surface area contributed by atoms with Gasteiger partial charge in [-0.25, -0.2) is 0 Å². The van der Waals surface area contributed by atoms with E-state index in [2.05, 4.69) is 5.10 Å². The number of carbonyl (C=O) groups is 1. The average molecular weight is 197 g/mol. The van der Waals surface area contributed by atoms with E-state index in [9.17, 15) is 4.79 Å². The van der Waals surface area contributed by atoms with Crippen molar-refractivity contribution in [3.8, 4) is 0 Å². The largest absolute Gasteiger partial charge is 0.480 e. The molecule has 0 spiro atoms. The zero-order valence-electron chi connectivity index (χ0n) is 8.47. The Morgan fingerprint density at radius 2 is 2.43 bits per heavy atom. The predicted molar refractivity (Wildman–Crippen MR) is 52.0 cm³/mol. The fourth-order valence-electron chi connectivity index (χ4n) is 1.26. The maximum Gasteiger partial charge on any atom is 0.317 e. The molecule has 0 bridgehead atoms. The molecule has 1 aromatic heterocycles. The van der Waals surface area contributed by atoms with Crippen LogP contribution in [-0.4, -0.2) is 45.9 Å². The summed E-state index contributed by atoms with van der Waals surface area (Å²) >= 11 is 0. The molecule has 14 heavy (non-hydrogen) atoms. The summed E-state index contributed by atoms with van der Waals surface area (Å²) in [5.41, 5.74) is 1.11. The van der Waals surface area contributed by atoms with Gasteiger partial charge in [-0.1, -0.05) is 0 Å². The van der Waals surface area contributed by atoms with Gasteiger partial charge >= 0.3 is 5.97 Å². The van der Waals surface area contributed by atoms with Gasteiger partial charge in [-0.3, -0.25) is 14.4 Å². The highest BCUT2D eigenvalue weighted by molar-refractivity contribution is 5.68. The van der Waals surface area contributed by atoms with E-state index in [4.69, 9.17) is 5.11 Å². The van der Waals surface area contributed by atoms with Crippen molar-refractivity contribution < 1.29 is 9.90 Å². The van der Waals surface area contributed by atoms with Crippen LogP contribution in [0.3, 0.4) is 0 Å². The molecule has 0 saturated heterocycles. The van der Waals surface area contributed by atoms with Crippen LogP contribution in [0.15, 0.2) is 12.3 Å². The number of carboxylic acids is 1. The number of rotatable bonds is 5. The molecule has 78 valence electrons. The molecule has 0 radical (unpaired) electrons. The molecule has 1 N–H and O–H groups in total. The predicted octanol–water partition coefficient (Wildman–Crippen LogP) is -0.0210. The normalized spacial score (nSPS) is 10.8. The maximum atomic E-state index is 10.4. The third-order valence-electron chi connectivity index (χ3n) is 2.08. The first-order valence-electron chi connectivity index (χ1n) is 4.47. The molecular formula is C9H15N3O2. The van der Waals surface area contributed by atoms with Crippen molar-refractivity contribution in [2.24, 2.45) is 7.05 Å². The molecule has 0 saturated carbocycles. The summed E-state index contributed by atoms with van der Waals surface area (Å²) in [4.78, 5) is 12.2. The number of hydrogen-bond donors (Lipinski definition) is 1. The number of hydrogen-bond acceptors (Lipinski definition) is 3. The number of nitrogens with zero attached hydrogens (tertiary/aromatic N) is 3. The van der Waals surface area contributed by atoms with Gasteiger partial charge in [0.25, 0.3) is 0 Å². The molecule has 1 rings (SSSR count). The first-order valence-corrected chi connectivity index (χ1v) is 4.47. The summed E-state index contributed by atoms with van der Waals surface area (Å²) in [7, 11) is 3.68. The van der Waals surface area contributed by atoms with Crippen molar-refractivity contribution >= 4 is 5.97 Å².